The second-order valence-electron chi connectivity index (χ2n) is 1.97. The van der Waals surface area contributed by atoms with Gasteiger partial charge in [-0.25, -0.2) is 0 Å². The van der Waals surface area contributed by atoms with Crippen LogP contribution in [0.5, 0.6) is 0 Å². The molecular formula is C2H8CuNO7P2-. The summed E-state index contributed by atoms with van der Waals surface area (Å²) >= 11 is 0. The van der Waals surface area contributed by atoms with Crippen LogP contribution >= 0.6 is 15.2 Å². The maximum absolute atomic E-state index is 9.95. The third kappa shape index (κ3) is 4.18. The van der Waals surface area contributed by atoms with E-state index in [1.807, 2.05) is 0 Å². The van der Waals surface area contributed by atoms with Gasteiger partial charge in [0.1, 0.15) is 5.08 Å². The molecule has 1 radical (unpaired) electrons. The second kappa shape index (κ2) is 5.00. The Kier molecular flexibility index (Phi) is 7.44. The Morgan fingerprint density at radius 2 is 1.23 bits per heavy atom. The van der Waals surface area contributed by atoms with Crippen molar-refractivity contribution < 1.29 is 50.9 Å². The second-order valence-corrected chi connectivity index (χ2v) is 6.05. The summed E-state index contributed by atoms with van der Waals surface area (Å²) in [5, 5.41) is 4.68. The van der Waals surface area contributed by atoms with Gasteiger partial charge in [-0.3, -0.25) is 0 Å². The first-order valence-electron chi connectivity index (χ1n) is 2.27. The van der Waals surface area contributed by atoms with Crippen molar-refractivity contribution in [2.24, 2.45) is 0 Å². The molecule has 0 aliphatic rings. The Balaban J connectivity index is -0.000000500. The van der Waals surface area contributed by atoms with E-state index in [2.05, 4.69) is 0 Å². The molecule has 0 aliphatic carbocycles. The molecule has 0 aromatic carbocycles. The summed E-state index contributed by atoms with van der Waals surface area (Å²) in [7, 11) is -11.6. The average molecular weight is 284 g/mol. The van der Waals surface area contributed by atoms with E-state index in [4.69, 9.17) is 5.11 Å². The molecule has 0 bridgehead atoms. The molecule has 0 amide bonds. The zero-order valence-electron chi connectivity index (χ0n) is 6.59. The zero-order valence-corrected chi connectivity index (χ0v) is 9.32. The van der Waals surface area contributed by atoms with Gasteiger partial charge in [0.15, 0.2) is 0 Å². The van der Waals surface area contributed by atoms with Gasteiger partial charge in [-0.2, -0.15) is 0 Å². The van der Waals surface area contributed by atoms with E-state index >= 15 is 0 Å². The predicted molar refractivity (Wildman–Crippen MR) is 31.8 cm³/mol. The van der Waals surface area contributed by atoms with Crippen molar-refractivity contribution in [2.75, 3.05) is 0 Å². The van der Waals surface area contributed by atoms with Crippen LogP contribution < -0.4 is 25.7 Å². The van der Waals surface area contributed by atoms with Crippen molar-refractivity contribution in [3.05, 3.63) is 0 Å². The molecule has 0 aromatic heterocycles. The normalized spacial score (nSPS) is 12.8. The number of hydrogen-bond acceptors (Lipinski definition) is 7. The summed E-state index contributed by atoms with van der Waals surface area (Å²) in [6.45, 7) is 0.133. The topological polar surface area (TPSA) is 183 Å². The first kappa shape index (κ1) is 19.3. The molecule has 8 nitrogen and oxygen atoms in total. The fraction of sp³-hybridized carbons (Fsp3) is 1.00. The summed E-state index contributed by atoms with van der Waals surface area (Å²) in [5.41, 5.74) is 0. The number of rotatable bonds is 2. The Bertz CT molecular complexity index is 217. The van der Waals surface area contributed by atoms with Crippen molar-refractivity contribution in [3.63, 3.8) is 0 Å². The fourth-order valence-electron chi connectivity index (χ4n) is 0.150. The van der Waals surface area contributed by atoms with Gasteiger partial charge >= 0.3 is 17.1 Å². The standard InChI is InChI=1S/C2H8O7P2.Cu.H3N/c1-2(3,10(4,5)6)11(7,8)9;;/h3H,1H3,(H2,4,5,6)(H2,7,8,9);;1H3/q;+2;/p-3. The van der Waals surface area contributed by atoms with E-state index in [1.54, 1.807) is 0 Å². The van der Waals surface area contributed by atoms with E-state index in [9.17, 15) is 28.7 Å². The van der Waals surface area contributed by atoms with Crippen molar-refractivity contribution in [3.8, 4) is 0 Å². The Morgan fingerprint density at radius 1 is 1.08 bits per heavy atom. The summed E-state index contributed by atoms with van der Waals surface area (Å²) in [5.74, 6) is 0. The van der Waals surface area contributed by atoms with Crippen molar-refractivity contribution in [2.45, 2.75) is 12.0 Å². The number of hydrogen-bond donors (Lipinski definition) is 2. The van der Waals surface area contributed by atoms with Crippen LogP contribution in [0.3, 0.4) is 0 Å². The van der Waals surface area contributed by atoms with Gasteiger partial charge in [0, 0.05) is 0 Å². The number of quaternary nitrogens is 1. The third-order valence-electron chi connectivity index (χ3n) is 1.04. The van der Waals surface area contributed by atoms with Crippen LogP contribution in [0.4, 0.5) is 0 Å². The van der Waals surface area contributed by atoms with Gasteiger partial charge in [-0.15, -0.1) is 0 Å². The monoisotopic (exact) mass is 283 g/mol. The molecule has 0 saturated carbocycles. The molecule has 0 fully saturated rings. The van der Waals surface area contributed by atoms with E-state index < -0.39 is 20.3 Å². The minimum Gasteiger partial charge on any atom is -0.808 e. The molecule has 0 heterocycles. The average Bonchev–Trinajstić information content (AvgIpc) is 1.58. The largest absolute Gasteiger partial charge is 2.00 e. The maximum Gasteiger partial charge on any atom is 2.00 e. The Morgan fingerprint density at radius 3 is 1.23 bits per heavy atom. The van der Waals surface area contributed by atoms with E-state index in [0.717, 1.165) is 0 Å². The van der Waals surface area contributed by atoms with Crippen molar-refractivity contribution >= 4 is 15.2 Å². The van der Waals surface area contributed by atoms with Crippen molar-refractivity contribution in [1.82, 2.24) is 6.15 Å². The molecule has 13 heavy (non-hydrogen) atoms. The van der Waals surface area contributed by atoms with Crippen LogP contribution in [0.1, 0.15) is 6.92 Å². The Labute approximate surface area is 84.7 Å². The molecule has 0 rings (SSSR count). The van der Waals surface area contributed by atoms with Gasteiger partial charge in [-0.1, -0.05) is 0 Å². The van der Waals surface area contributed by atoms with Gasteiger partial charge < -0.3 is 40.0 Å². The minimum atomic E-state index is -5.82. The summed E-state index contributed by atoms with van der Waals surface area (Å²) in [6, 6.07) is 0. The fourth-order valence-corrected chi connectivity index (χ4v) is 1.35. The first-order chi connectivity index (χ1) is 4.50. The Hall–Kier alpha value is 0.739. The predicted octanol–water partition coefficient (Wildman–Crippen LogP) is -3.15. The van der Waals surface area contributed by atoms with Crippen LogP contribution in [0.2, 0.25) is 0 Å². The first-order valence-corrected chi connectivity index (χ1v) is 5.35. The van der Waals surface area contributed by atoms with E-state index in [1.165, 1.54) is 0 Å². The molecule has 11 heteroatoms. The number of aliphatic hydroxyl groups is 1. The molecule has 0 unspecified atom stereocenters. The van der Waals surface area contributed by atoms with Gasteiger partial charge in [0.05, 0.1) is 0 Å². The molecule has 0 aliphatic heterocycles. The zero-order chi connectivity index (χ0) is 9.50. The molecule has 0 aromatic rings. The van der Waals surface area contributed by atoms with Gasteiger partial charge in [-0.05, 0) is 22.1 Å². The van der Waals surface area contributed by atoms with Gasteiger partial charge in [0.25, 0.3) is 0 Å². The van der Waals surface area contributed by atoms with Crippen LogP contribution in [0, 0.1) is 0 Å². The maximum atomic E-state index is 9.95. The van der Waals surface area contributed by atoms with Gasteiger partial charge in [0.2, 0.25) is 0 Å². The van der Waals surface area contributed by atoms with Crippen LogP contribution in [0.15, 0.2) is 0 Å². The SMILES string of the molecule is CC(O)(P(=O)([O-])[O-])P(=O)([O-])[O-].[Cu+2].[NH4+]. The quantitative estimate of drug-likeness (QED) is 0.396. The minimum absolute atomic E-state index is 0. The molecule has 0 atom stereocenters. The molecular weight excluding hydrogens is 276 g/mol. The summed E-state index contributed by atoms with van der Waals surface area (Å²) < 4.78 is 19.9. The molecule has 85 valence electrons. The van der Waals surface area contributed by atoms with E-state index in [-0.39, 0.29) is 30.1 Å². The smallest absolute Gasteiger partial charge is 0.808 e. The third-order valence-corrected chi connectivity index (χ3v) is 4.58. The summed E-state index contributed by atoms with van der Waals surface area (Å²) in [4.78, 5) is 39.8. The molecule has 0 spiro atoms. The van der Waals surface area contributed by atoms with E-state index in [0.29, 0.717) is 0 Å². The van der Waals surface area contributed by atoms with Crippen LogP contribution in [0.25, 0.3) is 0 Å². The van der Waals surface area contributed by atoms with Crippen LogP contribution in [-0.4, -0.2) is 10.2 Å². The summed E-state index contributed by atoms with van der Waals surface area (Å²) in [6.07, 6.45) is 0. The van der Waals surface area contributed by atoms with Crippen LogP contribution in [-0.2, 0) is 26.2 Å². The van der Waals surface area contributed by atoms with Crippen molar-refractivity contribution in [1.29, 1.82) is 0 Å². The molecule has 5 N–H and O–H groups in total. The molecule has 0 saturated heterocycles.